The zero-order chi connectivity index (χ0) is 20.3. The van der Waals surface area contributed by atoms with Crippen LogP contribution in [0.5, 0.6) is 0 Å². The van der Waals surface area contributed by atoms with E-state index in [0.717, 1.165) is 0 Å². The van der Waals surface area contributed by atoms with Gasteiger partial charge in [-0.3, -0.25) is 20.2 Å². The summed E-state index contributed by atoms with van der Waals surface area (Å²) >= 11 is 3.20. The minimum atomic E-state index is -0.524. The number of nitro benzene ring substituents is 2. The average molecular weight is 440 g/mol. The molecule has 0 saturated heterocycles. The number of halogens is 1. The van der Waals surface area contributed by atoms with Crippen LogP contribution < -0.4 is 0 Å². The van der Waals surface area contributed by atoms with Gasteiger partial charge in [0, 0.05) is 22.7 Å². The van der Waals surface area contributed by atoms with E-state index in [4.69, 9.17) is 4.42 Å². The fourth-order valence-corrected chi connectivity index (χ4v) is 2.87. The number of nitro groups is 2. The number of nitrogens with zero attached hydrogens (tertiary/aromatic N) is 3. The Morgan fingerprint density at radius 2 is 1.75 bits per heavy atom. The van der Waals surface area contributed by atoms with Crippen LogP contribution in [0.3, 0.4) is 0 Å². The van der Waals surface area contributed by atoms with Gasteiger partial charge in [0.15, 0.2) is 0 Å². The summed E-state index contributed by atoms with van der Waals surface area (Å²) in [5.74, 6) is 0.605. The summed E-state index contributed by atoms with van der Waals surface area (Å²) in [6, 6.07) is 15.3. The molecule has 0 fully saturated rings. The molecule has 1 aromatic heterocycles. The van der Waals surface area contributed by atoms with Gasteiger partial charge in [0.25, 0.3) is 11.4 Å². The van der Waals surface area contributed by atoms with Gasteiger partial charge in [-0.2, -0.15) is 5.26 Å². The Kier molecular flexibility index (Phi) is 5.33. The highest BCUT2D eigenvalue weighted by Gasteiger charge is 2.18. The molecule has 0 atom stereocenters. The molecule has 0 saturated carbocycles. The summed E-state index contributed by atoms with van der Waals surface area (Å²) in [4.78, 5) is 21.0. The minimum Gasteiger partial charge on any atom is -0.456 e. The maximum Gasteiger partial charge on any atom is 0.281 e. The molecular formula is C19H10BrN3O5. The lowest BCUT2D eigenvalue weighted by molar-refractivity contribution is -0.384. The molecule has 0 unspecified atom stereocenters. The zero-order valence-corrected chi connectivity index (χ0v) is 15.6. The van der Waals surface area contributed by atoms with Gasteiger partial charge in [-0.1, -0.05) is 15.9 Å². The van der Waals surface area contributed by atoms with Crippen molar-refractivity contribution in [1.82, 2.24) is 0 Å². The van der Waals surface area contributed by atoms with E-state index in [-0.39, 0.29) is 22.7 Å². The second kappa shape index (κ2) is 7.85. The monoisotopic (exact) mass is 439 g/mol. The molecule has 0 amide bonds. The van der Waals surface area contributed by atoms with Crippen molar-refractivity contribution in [2.45, 2.75) is 0 Å². The van der Waals surface area contributed by atoms with Crippen LogP contribution in [-0.4, -0.2) is 9.85 Å². The van der Waals surface area contributed by atoms with Crippen LogP contribution in [0.1, 0.15) is 11.3 Å². The van der Waals surface area contributed by atoms with E-state index in [0.29, 0.717) is 21.4 Å². The molecule has 138 valence electrons. The number of hydrogen-bond donors (Lipinski definition) is 0. The van der Waals surface area contributed by atoms with Crippen LogP contribution in [0.15, 0.2) is 63.5 Å². The molecular weight excluding hydrogens is 430 g/mol. The SMILES string of the molecule is N#C/C(=C/c1ccc(-c2ccc(Br)cc2[N+](=O)[O-])o1)c1ccc([N+](=O)[O-])cc1. The Balaban J connectivity index is 1.96. The van der Waals surface area contributed by atoms with Crippen LogP contribution in [0.4, 0.5) is 11.4 Å². The maximum atomic E-state index is 11.3. The van der Waals surface area contributed by atoms with Crippen LogP contribution in [0.25, 0.3) is 23.0 Å². The highest BCUT2D eigenvalue weighted by atomic mass is 79.9. The van der Waals surface area contributed by atoms with Crippen molar-refractivity contribution in [3.63, 3.8) is 0 Å². The Hall–Kier alpha value is -3.77. The smallest absolute Gasteiger partial charge is 0.281 e. The quantitative estimate of drug-likeness (QED) is 0.290. The summed E-state index contributed by atoms with van der Waals surface area (Å²) in [6.45, 7) is 0. The van der Waals surface area contributed by atoms with E-state index in [1.165, 1.54) is 36.4 Å². The molecule has 0 bridgehead atoms. The van der Waals surface area contributed by atoms with Crippen LogP contribution in [0.2, 0.25) is 0 Å². The lowest BCUT2D eigenvalue weighted by Gasteiger charge is -2.01. The van der Waals surface area contributed by atoms with Crippen molar-refractivity contribution in [3.05, 3.63) is 90.6 Å². The summed E-state index contributed by atoms with van der Waals surface area (Å²) < 4.78 is 6.23. The fraction of sp³-hybridized carbons (Fsp3) is 0. The number of hydrogen-bond acceptors (Lipinski definition) is 6. The summed E-state index contributed by atoms with van der Waals surface area (Å²) in [6.07, 6.45) is 1.47. The molecule has 0 aliphatic rings. The van der Waals surface area contributed by atoms with Gasteiger partial charge in [0.05, 0.1) is 27.1 Å². The number of allylic oxidation sites excluding steroid dienone is 1. The molecule has 28 heavy (non-hydrogen) atoms. The highest BCUT2D eigenvalue weighted by molar-refractivity contribution is 9.10. The first kappa shape index (κ1) is 19.0. The van der Waals surface area contributed by atoms with E-state index in [1.54, 1.807) is 24.3 Å². The molecule has 3 aromatic rings. The molecule has 3 rings (SSSR count). The predicted octanol–water partition coefficient (Wildman–Crippen LogP) is 5.59. The first-order valence-corrected chi connectivity index (χ1v) is 8.59. The summed E-state index contributed by atoms with van der Waals surface area (Å²) in [5, 5.41) is 31.4. The van der Waals surface area contributed by atoms with E-state index < -0.39 is 9.85 Å². The molecule has 1 heterocycles. The van der Waals surface area contributed by atoms with Gasteiger partial charge in [0.1, 0.15) is 11.5 Å². The van der Waals surface area contributed by atoms with E-state index in [1.807, 2.05) is 6.07 Å². The third-order valence-corrected chi connectivity index (χ3v) is 4.34. The van der Waals surface area contributed by atoms with Crippen molar-refractivity contribution in [3.8, 4) is 17.4 Å². The Labute approximate surface area is 166 Å². The Morgan fingerprint density at radius 1 is 1.04 bits per heavy atom. The third kappa shape index (κ3) is 3.97. The molecule has 9 heteroatoms. The van der Waals surface area contributed by atoms with Crippen LogP contribution in [-0.2, 0) is 0 Å². The van der Waals surface area contributed by atoms with Crippen LogP contribution in [0, 0.1) is 31.6 Å². The highest BCUT2D eigenvalue weighted by Crippen LogP contribution is 2.34. The second-order valence-electron chi connectivity index (χ2n) is 5.59. The fourth-order valence-electron chi connectivity index (χ4n) is 2.52. The number of furan rings is 1. The van der Waals surface area contributed by atoms with Gasteiger partial charge in [0.2, 0.25) is 0 Å². The predicted molar refractivity (Wildman–Crippen MR) is 105 cm³/mol. The Morgan fingerprint density at radius 3 is 2.36 bits per heavy atom. The average Bonchev–Trinajstić information content (AvgIpc) is 3.14. The van der Waals surface area contributed by atoms with E-state index in [2.05, 4.69) is 15.9 Å². The molecule has 0 aliphatic carbocycles. The van der Waals surface area contributed by atoms with Gasteiger partial charge < -0.3 is 4.42 Å². The number of nitriles is 1. The first-order valence-electron chi connectivity index (χ1n) is 7.80. The van der Waals surface area contributed by atoms with Crippen molar-refractivity contribution >= 4 is 39.0 Å². The second-order valence-corrected chi connectivity index (χ2v) is 6.51. The molecule has 2 aromatic carbocycles. The van der Waals surface area contributed by atoms with Crippen molar-refractivity contribution in [2.75, 3.05) is 0 Å². The summed E-state index contributed by atoms with van der Waals surface area (Å²) in [5.41, 5.74) is 0.836. The molecule has 0 spiro atoms. The summed E-state index contributed by atoms with van der Waals surface area (Å²) in [7, 11) is 0. The molecule has 8 nitrogen and oxygen atoms in total. The lowest BCUT2D eigenvalue weighted by Crippen LogP contribution is -1.91. The van der Waals surface area contributed by atoms with Crippen LogP contribution >= 0.6 is 15.9 Å². The molecule has 0 radical (unpaired) electrons. The molecule has 0 N–H and O–H groups in total. The Bertz CT molecular complexity index is 1140. The van der Waals surface area contributed by atoms with Gasteiger partial charge >= 0.3 is 0 Å². The molecule has 0 aliphatic heterocycles. The van der Waals surface area contributed by atoms with Gasteiger partial charge in [-0.15, -0.1) is 0 Å². The number of non-ortho nitro benzene ring substituents is 1. The normalized spacial score (nSPS) is 11.1. The van der Waals surface area contributed by atoms with E-state index >= 15 is 0 Å². The topological polar surface area (TPSA) is 123 Å². The largest absolute Gasteiger partial charge is 0.456 e. The van der Waals surface area contributed by atoms with E-state index in [9.17, 15) is 25.5 Å². The van der Waals surface area contributed by atoms with Crippen molar-refractivity contribution in [1.29, 1.82) is 5.26 Å². The third-order valence-electron chi connectivity index (χ3n) is 3.84. The zero-order valence-electron chi connectivity index (χ0n) is 14.0. The lowest BCUT2D eigenvalue weighted by atomic mass is 10.1. The first-order chi connectivity index (χ1) is 13.4. The van der Waals surface area contributed by atoms with Gasteiger partial charge in [-0.25, -0.2) is 0 Å². The van der Waals surface area contributed by atoms with Crippen molar-refractivity contribution in [2.24, 2.45) is 0 Å². The minimum absolute atomic E-state index is 0.0797. The van der Waals surface area contributed by atoms with Crippen molar-refractivity contribution < 1.29 is 14.3 Å². The van der Waals surface area contributed by atoms with Gasteiger partial charge in [-0.05, 0) is 48.0 Å². The number of rotatable bonds is 5. The maximum absolute atomic E-state index is 11.3. The number of benzene rings is 2. The standard InChI is InChI=1S/C19H10BrN3O5/c20-14-3-7-17(18(10-14)23(26)27)19-8-6-16(28-19)9-13(11-21)12-1-4-15(5-2-12)22(24)25/h1-10H/b13-9-.